The second-order valence-electron chi connectivity index (χ2n) is 7.81. The van der Waals surface area contributed by atoms with Gasteiger partial charge in [-0.15, -0.1) is 11.8 Å². The molecular weight excluding hydrogens is 431 g/mol. The molecule has 0 saturated carbocycles. The molecule has 1 amide bonds. The summed E-state index contributed by atoms with van der Waals surface area (Å²) in [5, 5.41) is 14.3. The Morgan fingerprint density at radius 3 is 2.71 bits per heavy atom. The summed E-state index contributed by atoms with van der Waals surface area (Å²) in [6.45, 7) is 5.34. The molecular formula is C20H29FN2O7S. The number of rotatable bonds is 10. The molecule has 0 aromatic heterocycles. The van der Waals surface area contributed by atoms with Gasteiger partial charge in [-0.1, -0.05) is 0 Å². The van der Waals surface area contributed by atoms with Gasteiger partial charge in [0.25, 0.3) is 0 Å². The first-order chi connectivity index (χ1) is 14.6. The molecule has 0 unspecified atom stereocenters. The molecule has 1 aliphatic heterocycles. The number of aliphatic carboxylic acids is 1. The Morgan fingerprint density at radius 1 is 1.32 bits per heavy atom. The lowest BCUT2D eigenvalue weighted by molar-refractivity contribution is -0.134. The molecule has 2 rings (SSSR count). The van der Waals surface area contributed by atoms with Crippen LogP contribution in [0.1, 0.15) is 26.3 Å². The minimum absolute atomic E-state index is 0.0602. The Balaban J connectivity index is 2.16. The first-order valence-corrected chi connectivity index (χ1v) is 10.7. The van der Waals surface area contributed by atoms with Crippen LogP contribution in [0.2, 0.25) is 0 Å². The van der Waals surface area contributed by atoms with Crippen LogP contribution in [0.5, 0.6) is 5.75 Å². The number of carboxylic acids is 1. The van der Waals surface area contributed by atoms with E-state index in [-0.39, 0.29) is 30.7 Å². The van der Waals surface area contributed by atoms with Gasteiger partial charge < -0.3 is 34.7 Å². The topological polar surface area (TPSA) is 115 Å². The highest BCUT2D eigenvalue weighted by atomic mass is 32.2. The Kier molecular flexibility index (Phi) is 9.20. The first-order valence-electron chi connectivity index (χ1n) is 9.73. The van der Waals surface area contributed by atoms with Crippen molar-refractivity contribution in [2.24, 2.45) is 0 Å². The van der Waals surface area contributed by atoms with E-state index in [1.807, 2.05) is 0 Å². The van der Waals surface area contributed by atoms with Crippen molar-refractivity contribution >= 4 is 29.5 Å². The smallest absolute Gasteiger partial charge is 0.407 e. The number of amides is 1. The SMILES string of the molecule is COCCOCOc1cc2c(c(F)c1NCC(=O)O)C[C@H](NC(=O)OC(C)(C)C)CS2. The predicted molar refractivity (Wildman–Crippen MR) is 113 cm³/mol. The number of carboxylic acid groups (broad SMARTS) is 1. The second kappa shape index (κ2) is 11.4. The molecule has 0 bridgehead atoms. The number of hydrogen-bond donors (Lipinski definition) is 3. The van der Waals surface area contributed by atoms with Crippen molar-refractivity contribution in [3.63, 3.8) is 0 Å². The third-order valence-electron chi connectivity index (χ3n) is 4.05. The summed E-state index contributed by atoms with van der Waals surface area (Å²) in [7, 11) is 1.54. The average Bonchev–Trinajstić information content (AvgIpc) is 2.66. The number of carbonyl (C=O) groups excluding carboxylic acids is 1. The molecule has 1 aliphatic rings. The van der Waals surface area contributed by atoms with Gasteiger partial charge >= 0.3 is 12.1 Å². The summed E-state index contributed by atoms with van der Waals surface area (Å²) in [6, 6.07) is 1.31. The zero-order valence-electron chi connectivity index (χ0n) is 18.1. The van der Waals surface area contributed by atoms with E-state index in [9.17, 15) is 9.59 Å². The maximum Gasteiger partial charge on any atom is 0.407 e. The number of nitrogens with one attached hydrogen (secondary N) is 2. The van der Waals surface area contributed by atoms with E-state index >= 15 is 4.39 Å². The fraction of sp³-hybridized carbons (Fsp3) is 0.600. The fourth-order valence-electron chi connectivity index (χ4n) is 2.78. The van der Waals surface area contributed by atoms with Crippen molar-refractivity contribution < 1.29 is 38.0 Å². The normalized spacial score (nSPS) is 15.7. The van der Waals surface area contributed by atoms with Gasteiger partial charge in [-0.3, -0.25) is 4.79 Å². The van der Waals surface area contributed by atoms with E-state index in [4.69, 9.17) is 24.1 Å². The molecule has 0 spiro atoms. The number of ether oxygens (including phenoxy) is 4. The van der Waals surface area contributed by atoms with Crippen molar-refractivity contribution in [2.75, 3.05) is 44.7 Å². The molecule has 3 N–H and O–H groups in total. The molecule has 31 heavy (non-hydrogen) atoms. The van der Waals surface area contributed by atoms with Gasteiger partial charge in [0.2, 0.25) is 0 Å². The predicted octanol–water partition coefficient (Wildman–Crippen LogP) is 2.86. The van der Waals surface area contributed by atoms with Crippen molar-refractivity contribution in [3.8, 4) is 5.75 Å². The fourth-order valence-corrected chi connectivity index (χ4v) is 3.90. The molecule has 1 heterocycles. The minimum atomic E-state index is -1.14. The van der Waals surface area contributed by atoms with Gasteiger partial charge in [0.05, 0.1) is 13.2 Å². The number of alkyl carbamates (subject to hydrolysis) is 1. The van der Waals surface area contributed by atoms with Gasteiger partial charge in [0, 0.05) is 29.4 Å². The zero-order valence-corrected chi connectivity index (χ0v) is 18.9. The Hall–Kier alpha value is -2.24. The van der Waals surface area contributed by atoms with Gasteiger partial charge in [-0.2, -0.15) is 0 Å². The molecule has 9 nitrogen and oxygen atoms in total. The minimum Gasteiger partial charge on any atom is -0.480 e. The highest BCUT2D eigenvalue weighted by Crippen LogP contribution is 2.40. The molecule has 0 saturated heterocycles. The van der Waals surface area contributed by atoms with Crippen molar-refractivity contribution in [3.05, 3.63) is 17.4 Å². The highest BCUT2D eigenvalue weighted by Gasteiger charge is 2.29. The van der Waals surface area contributed by atoms with E-state index < -0.39 is 30.0 Å². The third-order valence-corrected chi connectivity index (χ3v) is 5.29. The summed E-state index contributed by atoms with van der Waals surface area (Å²) < 4.78 is 36.3. The van der Waals surface area contributed by atoms with Crippen LogP contribution < -0.4 is 15.4 Å². The third kappa shape index (κ3) is 8.08. The van der Waals surface area contributed by atoms with Crippen LogP contribution in [0.15, 0.2) is 11.0 Å². The highest BCUT2D eigenvalue weighted by molar-refractivity contribution is 7.99. The molecule has 0 aliphatic carbocycles. The van der Waals surface area contributed by atoms with E-state index in [1.165, 1.54) is 11.8 Å². The van der Waals surface area contributed by atoms with Crippen LogP contribution in [-0.4, -0.2) is 68.2 Å². The number of anilines is 1. The Labute approximate surface area is 184 Å². The van der Waals surface area contributed by atoms with Crippen LogP contribution >= 0.6 is 11.8 Å². The van der Waals surface area contributed by atoms with Gasteiger partial charge in [0.1, 0.15) is 23.6 Å². The zero-order chi connectivity index (χ0) is 23.0. The molecule has 1 aromatic carbocycles. The van der Waals surface area contributed by atoms with Crippen molar-refractivity contribution in [2.45, 2.75) is 43.7 Å². The summed E-state index contributed by atoms with van der Waals surface area (Å²) in [5.41, 5.74) is -0.326. The van der Waals surface area contributed by atoms with E-state index in [0.717, 1.165) is 0 Å². The van der Waals surface area contributed by atoms with E-state index in [1.54, 1.807) is 33.9 Å². The number of halogens is 1. The van der Waals surface area contributed by atoms with Crippen LogP contribution in [-0.2, 0) is 25.4 Å². The van der Waals surface area contributed by atoms with Gasteiger partial charge in [0.15, 0.2) is 12.6 Å². The first kappa shape index (κ1) is 25.0. The molecule has 11 heteroatoms. The van der Waals surface area contributed by atoms with Crippen LogP contribution in [0.25, 0.3) is 0 Å². The largest absolute Gasteiger partial charge is 0.480 e. The Morgan fingerprint density at radius 2 is 2.06 bits per heavy atom. The summed E-state index contributed by atoms with van der Waals surface area (Å²) >= 11 is 1.37. The van der Waals surface area contributed by atoms with Gasteiger partial charge in [-0.05, 0) is 33.3 Å². The lowest BCUT2D eigenvalue weighted by atomic mass is 10.0. The van der Waals surface area contributed by atoms with E-state index in [0.29, 0.717) is 29.4 Å². The van der Waals surface area contributed by atoms with Crippen molar-refractivity contribution in [1.29, 1.82) is 0 Å². The van der Waals surface area contributed by atoms with Crippen LogP contribution in [0.4, 0.5) is 14.9 Å². The summed E-state index contributed by atoms with van der Waals surface area (Å²) in [6.07, 6.45) is -0.334. The lowest BCUT2D eigenvalue weighted by Crippen LogP contribution is -2.42. The van der Waals surface area contributed by atoms with Crippen LogP contribution in [0.3, 0.4) is 0 Å². The second-order valence-corrected chi connectivity index (χ2v) is 8.87. The number of methoxy groups -OCH3 is 1. The number of hydrogen-bond acceptors (Lipinski definition) is 8. The maximum absolute atomic E-state index is 15.3. The summed E-state index contributed by atoms with van der Waals surface area (Å²) in [4.78, 5) is 23.7. The average molecular weight is 461 g/mol. The standard InChI is InChI=1S/C20H29FN2O7S/c1-20(2,3)30-19(26)23-12-7-13-15(31-10-12)8-14(29-11-28-6-5-27-4)18(17(13)21)22-9-16(24)25/h8,12,22H,5-7,9-11H2,1-4H3,(H,23,26)(H,24,25)/t12-/m0/s1. The molecule has 174 valence electrons. The number of fused-ring (bicyclic) bond motifs is 1. The number of thioether (sulfide) groups is 1. The molecule has 1 aromatic rings. The number of carbonyl (C=O) groups is 2. The molecule has 0 fully saturated rings. The quantitative estimate of drug-likeness (QED) is 0.358. The molecule has 1 atom stereocenters. The molecule has 0 radical (unpaired) electrons. The maximum atomic E-state index is 15.3. The van der Waals surface area contributed by atoms with E-state index in [2.05, 4.69) is 10.6 Å². The lowest BCUT2D eigenvalue weighted by Gasteiger charge is -2.28. The summed E-state index contributed by atoms with van der Waals surface area (Å²) in [5.74, 6) is -1.08. The van der Waals surface area contributed by atoms with Crippen molar-refractivity contribution in [1.82, 2.24) is 5.32 Å². The van der Waals surface area contributed by atoms with Gasteiger partial charge in [-0.25, -0.2) is 9.18 Å². The monoisotopic (exact) mass is 460 g/mol. The number of benzene rings is 1. The Bertz CT molecular complexity index is 786. The van der Waals surface area contributed by atoms with Crippen LogP contribution in [0, 0.1) is 5.82 Å².